The van der Waals surface area contributed by atoms with Crippen molar-refractivity contribution in [1.82, 2.24) is 9.78 Å². The molecule has 0 atom stereocenters. The zero-order valence-electron chi connectivity index (χ0n) is 14.9. The normalized spacial score (nSPS) is 10.9. The van der Waals surface area contributed by atoms with Crippen LogP contribution in [0, 0.1) is 0 Å². The van der Waals surface area contributed by atoms with Crippen molar-refractivity contribution in [2.24, 2.45) is 0 Å². The monoisotopic (exact) mass is 352 g/mol. The van der Waals surface area contributed by atoms with E-state index >= 15 is 0 Å². The highest BCUT2D eigenvalue weighted by atomic mass is 16.1. The Morgan fingerprint density at radius 3 is 1.81 bits per heavy atom. The van der Waals surface area contributed by atoms with E-state index in [0.717, 1.165) is 5.69 Å². The fourth-order valence-electron chi connectivity index (χ4n) is 3.31. The van der Waals surface area contributed by atoms with Crippen molar-refractivity contribution < 1.29 is 4.79 Å². The van der Waals surface area contributed by atoms with Crippen molar-refractivity contribution >= 4 is 5.78 Å². The summed E-state index contributed by atoms with van der Waals surface area (Å²) in [5.74, 6) is 0.0988. The highest BCUT2D eigenvalue weighted by Gasteiger charge is 2.19. The first kappa shape index (κ1) is 17.0. The predicted molar refractivity (Wildman–Crippen MR) is 107 cm³/mol. The van der Waals surface area contributed by atoms with Crippen LogP contribution in [0.4, 0.5) is 0 Å². The second-order valence-corrected chi connectivity index (χ2v) is 6.48. The van der Waals surface area contributed by atoms with Crippen molar-refractivity contribution in [3.8, 4) is 0 Å². The third kappa shape index (κ3) is 3.87. The van der Waals surface area contributed by atoms with Gasteiger partial charge in [-0.25, -0.2) is 0 Å². The third-order valence-electron chi connectivity index (χ3n) is 4.62. The average Bonchev–Trinajstić information content (AvgIpc) is 3.18. The van der Waals surface area contributed by atoms with Gasteiger partial charge in [-0.2, -0.15) is 5.10 Å². The van der Waals surface area contributed by atoms with Gasteiger partial charge in [-0.3, -0.25) is 9.48 Å². The molecular formula is C24H20N2O. The molecule has 0 amide bonds. The van der Waals surface area contributed by atoms with Crippen LogP contribution in [0.2, 0.25) is 0 Å². The fourth-order valence-corrected chi connectivity index (χ4v) is 3.31. The van der Waals surface area contributed by atoms with Gasteiger partial charge in [-0.15, -0.1) is 0 Å². The van der Waals surface area contributed by atoms with Gasteiger partial charge >= 0.3 is 0 Å². The summed E-state index contributed by atoms with van der Waals surface area (Å²) in [7, 11) is 0. The van der Waals surface area contributed by atoms with E-state index in [1.165, 1.54) is 11.1 Å². The molecule has 1 heterocycles. The Labute approximate surface area is 158 Å². The van der Waals surface area contributed by atoms with E-state index in [2.05, 4.69) is 24.3 Å². The molecule has 0 fully saturated rings. The van der Waals surface area contributed by atoms with E-state index in [4.69, 9.17) is 5.10 Å². The lowest BCUT2D eigenvalue weighted by Crippen LogP contribution is -2.12. The maximum atomic E-state index is 12.5. The molecule has 3 heteroatoms. The van der Waals surface area contributed by atoms with Gasteiger partial charge in [0.05, 0.1) is 11.6 Å². The van der Waals surface area contributed by atoms with E-state index in [9.17, 15) is 4.79 Å². The van der Waals surface area contributed by atoms with Crippen molar-refractivity contribution in [3.63, 3.8) is 0 Å². The quantitative estimate of drug-likeness (QED) is 0.460. The lowest BCUT2D eigenvalue weighted by molar-refractivity contribution is 0.0967. The Bertz CT molecular complexity index is 968. The van der Waals surface area contributed by atoms with Crippen molar-refractivity contribution in [2.45, 2.75) is 12.5 Å². The van der Waals surface area contributed by atoms with Crippen LogP contribution in [0.1, 0.15) is 33.1 Å². The molecule has 27 heavy (non-hydrogen) atoms. The van der Waals surface area contributed by atoms with Gasteiger partial charge in [0.15, 0.2) is 5.78 Å². The van der Waals surface area contributed by atoms with Gasteiger partial charge in [0.25, 0.3) is 0 Å². The smallest absolute Gasteiger partial charge is 0.184 e. The molecule has 0 aliphatic carbocycles. The first-order valence-electron chi connectivity index (χ1n) is 9.03. The van der Waals surface area contributed by atoms with Gasteiger partial charge in [0.1, 0.15) is 6.54 Å². The Balaban J connectivity index is 1.64. The Kier molecular flexibility index (Phi) is 4.93. The molecule has 4 aromatic rings. The number of aromatic nitrogens is 2. The molecule has 3 nitrogen and oxygen atoms in total. The molecule has 3 aromatic carbocycles. The predicted octanol–water partition coefficient (Wildman–Crippen LogP) is 4.95. The van der Waals surface area contributed by atoms with Crippen LogP contribution < -0.4 is 0 Å². The minimum absolute atomic E-state index is 0.0421. The molecule has 4 rings (SSSR count). The minimum atomic E-state index is 0.0421. The standard InChI is InChI=1S/C24H20N2O/c27-23(19-10-4-1-5-11-19)18-26-17-16-22(25-26)24(20-12-6-2-7-13-20)21-14-8-3-9-15-21/h1-17,24H,18H2. The van der Waals surface area contributed by atoms with Gasteiger partial charge in [0, 0.05) is 11.8 Å². The minimum Gasteiger partial charge on any atom is -0.292 e. The molecule has 0 saturated carbocycles. The van der Waals surface area contributed by atoms with Crippen LogP contribution in [0.3, 0.4) is 0 Å². The van der Waals surface area contributed by atoms with Crippen molar-refractivity contribution in [3.05, 3.63) is 126 Å². The number of rotatable bonds is 6. The molecule has 132 valence electrons. The molecular weight excluding hydrogens is 332 g/mol. The van der Waals surface area contributed by atoms with Crippen LogP contribution in [0.15, 0.2) is 103 Å². The van der Waals surface area contributed by atoms with E-state index in [-0.39, 0.29) is 18.2 Å². The largest absolute Gasteiger partial charge is 0.292 e. The average molecular weight is 352 g/mol. The number of hydrogen-bond donors (Lipinski definition) is 0. The SMILES string of the molecule is O=C(Cn1ccc(C(c2ccccc2)c2ccccc2)n1)c1ccccc1. The van der Waals surface area contributed by atoms with Crippen molar-refractivity contribution in [1.29, 1.82) is 0 Å². The van der Waals surface area contributed by atoms with E-state index in [0.29, 0.717) is 5.56 Å². The number of carbonyl (C=O) groups is 1. The summed E-state index contributed by atoms with van der Waals surface area (Å²) >= 11 is 0. The topological polar surface area (TPSA) is 34.9 Å². The van der Waals surface area contributed by atoms with Crippen LogP contribution in [-0.2, 0) is 6.54 Å². The third-order valence-corrected chi connectivity index (χ3v) is 4.62. The van der Waals surface area contributed by atoms with E-state index in [1.54, 1.807) is 4.68 Å². The summed E-state index contributed by atoms with van der Waals surface area (Å²) in [6.07, 6.45) is 1.88. The summed E-state index contributed by atoms with van der Waals surface area (Å²) in [5, 5.41) is 4.72. The first-order valence-corrected chi connectivity index (χ1v) is 9.03. The molecule has 0 N–H and O–H groups in total. The highest BCUT2D eigenvalue weighted by Crippen LogP contribution is 2.30. The second-order valence-electron chi connectivity index (χ2n) is 6.48. The molecule has 0 spiro atoms. The fraction of sp³-hybridized carbons (Fsp3) is 0.0833. The molecule has 1 aromatic heterocycles. The molecule has 0 aliphatic heterocycles. The Morgan fingerprint density at radius 1 is 0.741 bits per heavy atom. The lowest BCUT2D eigenvalue weighted by atomic mass is 9.89. The maximum Gasteiger partial charge on any atom is 0.184 e. The first-order chi connectivity index (χ1) is 13.3. The van der Waals surface area contributed by atoms with Crippen LogP contribution >= 0.6 is 0 Å². The maximum absolute atomic E-state index is 12.5. The Morgan fingerprint density at radius 2 is 1.26 bits per heavy atom. The number of Topliss-reactive ketones (excluding diaryl/α,β-unsaturated/α-hetero) is 1. The molecule has 0 radical (unpaired) electrons. The molecule has 0 unspecified atom stereocenters. The molecule has 0 bridgehead atoms. The summed E-state index contributed by atoms with van der Waals surface area (Å²) in [4.78, 5) is 12.5. The highest BCUT2D eigenvalue weighted by molar-refractivity contribution is 5.95. The van der Waals surface area contributed by atoms with Crippen molar-refractivity contribution in [2.75, 3.05) is 0 Å². The van der Waals surface area contributed by atoms with Crippen LogP contribution in [-0.4, -0.2) is 15.6 Å². The van der Waals surface area contributed by atoms with Crippen LogP contribution in [0.25, 0.3) is 0 Å². The Hall–Kier alpha value is -3.46. The summed E-state index contributed by atoms with van der Waals surface area (Å²) < 4.78 is 1.73. The number of hydrogen-bond acceptors (Lipinski definition) is 2. The van der Waals surface area contributed by atoms with Gasteiger partial charge in [-0.05, 0) is 17.2 Å². The summed E-state index contributed by atoms with van der Waals surface area (Å²) in [5.41, 5.74) is 4.01. The zero-order chi connectivity index (χ0) is 18.5. The molecule has 0 aliphatic rings. The zero-order valence-corrected chi connectivity index (χ0v) is 14.9. The van der Waals surface area contributed by atoms with Crippen LogP contribution in [0.5, 0.6) is 0 Å². The summed E-state index contributed by atoms with van der Waals surface area (Å²) in [6.45, 7) is 0.236. The number of carbonyl (C=O) groups excluding carboxylic acids is 1. The van der Waals surface area contributed by atoms with Gasteiger partial charge in [0.2, 0.25) is 0 Å². The van der Waals surface area contributed by atoms with Gasteiger partial charge < -0.3 is 0 Å². The van der Waals surface area contributed by atoms with Gasteiger partial charge in [-0.1, -0.05) is 91.0 Å². The van der Waals surface area contributed by atoms with E-state index < -0.39 is 0 Å². The second kappa shape index (κ2) is 7.83. The lowest BCUT2D eigenvalue weighted by Gasteiger charge is -2.16. The number of ketones is 1. The van der Waals surface area contributed by atoms with E-state index in [1.807, 2.05) is 79.0 Å². The molecule has 0 saturated heterocycles. The number of nitrogens with zero attached hydrogens (tertiary/aromatic N) is 2. The number of benzene rings is 3. The summed E-state index contributed by atoms with van der Waals surface area (Å²) in [6, 6.07) is 32.0.